The minimum atomic E-state index is -1.19. The van der Waals surface area contributed by atoms with Gasteiger partial charge in [-0.2, -0.15) is 0 Å². The van der Waals surface area contributed by atoms with Gasteiger partial charge in [-0.1, -0.05) is 0 Å². The Labute approximate surface area is 146 Å². The molecule has 2 fully saturated rings. The van der Waals surface area contributed by atoms with Crippen LogP contribution in [0.1, 0.15) is 41.0 Å². The molecule has 0 aromatic carbocycles. The molecule has 2 N–H and O–H groups in total. The number of rotatable bonds is 5. The maximum atomic E-state index is 11.9. The van der Waals surface area contributed by atoms with E-state index in [0.29, 0.717) is 0 Å². The fraction of sp³-hybridized carbons (Fsp3) is 0.875. The van der Waals surface area contributed by atoms with Gasteiger partial charge in [-0.15, -0.1) is 0 Å². The minimum absolute atomic E-state index is 0.00671. The van der Waals surface area contributed by atoms with Crippen LogP contribution in [0.2, 0.25) is 0 Å². The van der Waals surface area contributed by atoms with Gasteiger partial charge in [-0.05, 0) is 34.6 Å². The second-order valence-corrected chi connectivity index (χ2v) is 7.62. The molecular formula is C16H27NO8. The lowest BCUT2D eigenvalue weighted by Gasteiger charge is -2.27. The first kappa shape index (κ1) is 19.9. The van der Waals surface area contributed by atoms with E-state index in [4.69, 9.17) is 23.7 Å². The molecule has 9 nitrogen and oxygen atoms in total. The zero-order valence-electron chi connectivity index (χ0n) is 15.4. The van der Waals surface area contributed by atoms with Crippen LogP contribution in [0.25, 0.3) is 0 Å². The fourth-order valence-corrected chi connectivity index (χ4v) is 2.93. The first-order valence-electron chi connectivity index (χ1n) is 8.18. The van der Waals surface area contributed by atoms with Gasteiger partial charge in [0.25, 0.3) is 0 Å². The van der Waals surface area contributed by atoms with E-state index in [-0.39, 0.29) is 6.42 Å². The molecule has 0 bridgehead atoms. The minimum Gasteiger partial charge on any atom is -0.480 e. The summed E-state index contributed by atoms with van der Waals surface area (Å²) in [5, 5.41) is 11.7. The third-order valence-electron chi connectivity index (χ3n) is 3.82. The molecule has 2 aliphatic rings. The van der Waals surface area contributed by atoms with Gasteiger partial charge in [-0.3, -0.25) is 0 Å². The van der Waals surface area contributed by atoms with E-state index in [2.05, 4.69) is 5.32 Å². The Morgan fingerprint density at radius 2 is 1.92 bits per heavy atom. The number of carbonyl (C=O) groups excluding carboxylic acids is 1. The van der Waals surface area contributed by atoms with Crippen molar-refractivity contribution in [3.8, 4) is 0 Å². The summed E-state index contributed by atoms with van der Waals surface area (Å²) in [4.78, 5) is 23.4. The van der Waals surface area contributed by atoms with Crippen LogP contribution in [-0.2, 0) is 28.5 Å². The van der Waals surface area contributed by atoms with Gasteiger partial charge in [-0.25, -0.2) is 9.59 Å². The molecule has 2 saturated heterocycles. The third-order valence-corrected chi connectivity index (χ3v) is 3.82. The molecule has 9 heteroatoms. The van der Waals surface area contributed by atoms with Gasteiger partial charge < -0.3 is 34.1 Å². The average molecular weight is 361 g/mol. The number of nitrogens with one attached hydrogen (secondary N) is 1. The van der Waals surface area contributed by atoms with Crippen molar-refractivity contribution < 1.29 is 38.4 Å². The Bertz CT molecular complexity index is 515. The number of amides is 1. The molecule has 144 valence electrons. The van der Waals surface area contributed by atoms with E-state index in [9.17, 15) is 14.7 Å². The van der Waals surface area contributed by atoms with E-state index in [0.717, 1.165) is 0 Å². The van der Waals surface area contributed by atoms with Crippen LogP contribution < -0.4 is 5.32 Å². The molecule has 1 amide bonds. The van der Waals surface area contributed by atoms with E-state index in [1.54, 1.807) is 34.6 Å². The summed E-state index contributed by atoms with van der Waals surface area (Å²) in [7, 11) is 1.50. The van der Waals surface area contributed by atoms with Gasteiger partial charge in [0.2, 0.25) is 0 Å². The summed E-state index contributed by atoms with van der Waals surface area (Å²) in [6, 6.07) is -1.19. The molecule has 0 aromatic heterocycles. The Balaban J connectivity index is 2.00. The highest BCUT2D eigenvalue weighted by atomic mass is 16.8. The maximum absolute atomic E-state index is 11.9. The van der Waals surface area contributed by atoms with E-state index >= 15 is 0 Å². The number of methoxy groups -OCH3 is 1. The second-order valence-electron chi connectivity index (χ2n) is 7.62. The fourth-order valence-electron chi connectivity index (χ4n) is 2.93. The lowest BCUT2D eigenvalue weighted by atomic mass is 10.0. The van der Waals surface area contributed by atoms with E-state index < -0.39 is 54.1 Å². The molecular weight excluding hydrogens is 334 g/mol. The quantitative estimate of drug-likeness (QED) is 0.752. The molecule has 4 unspecified atom stereocenters. The van der Waals surface area contributed by atoms with Crippen molar-refractivity contribution in [2.24, 2.45) is 0 Å². The van der Waals surface area contributed by atoms with Crippen LogP contribution in [-0.4, -0.2) is 66.3 Å². The van der Waals surface area contributed by atoms with Crippen molar-refractivity contribution in [3.63, 3.8) is 0 Å². The number of hydrogen-bond donors (Lipinski definition) is 2. The summed E-state index contributed by atoms with van der Waals surface area (Å²) in [6.07, 6.45) is -3.02. The Morgan fingerprint density at radius 1 is 1.28 bits per heavy atom. The highest BCUT2D eigenvalue weighted by Gasteiger charge is 2.55. The van der Waals surface area contributed by atoms with Crippen LogP contribution >= 0.6 is 0 Å². The third kappa shape index (κ3) is 5.04. The Morgan fingerprint density at radius 3 is 2.44 bits per heavy atom. The number of aliphatic carboxylic acids is 1. The number of fused-ring (bicyclic) bond motifs is 1. The lowest BCUT2D eigenvalue weighted by molar-refractivity contribution is -0.218. The number of alkyl carbamates (subject to hydrolysis) is 1. The van der Waals surface area contributed by atoms with Gasteiger partial charge in [0, 0.05) is 13.5 Å². The normalized spacial score (nSPS) is 32.1. The van der Waals surface area contributed by atoms with Crippen LogP contribution in [0.4, 0.5) is 4.79 Å². The standard InChI is InChI=1S/C16H27NO8/c1-15(2,3)25-14(20)17-8(12(18)19)7-9-10(21-6)11-13(22-9)24-16(4,5)23-11/h8-11,13H,7H2,1-6H3,(H,17,20)(H,18,19)/t8-,9?,10?,11?,13?/m1/s1. The van der Waals surface area contributed by atoms with Gasteiger partial charge >= 0.3 is 12.1 Å². The van der Waals surface area contributed by atoms with Gasteiger partial charge in [0.1, 0.15) is 23.9 Å². The number of carboxylic acid groups (broad SMARTS) is 1. The van der Waals surface area contributed by atoms with E-state index in [1.165, 1.54) is 7.11 Å². The summed E-state index contributed by atoms with van der Waals surface area (Å²) in [6.45, 7) is 8.62. The highest BCUT2D eigenvalue weighted by Crippen LogP contribution is 2.39. The zero-order chi connectivity index (χ0) is 19.0. The van der Waals surface area contributed by atoms with E-state index in [1.807, 2.05) is 0 Å². The Kier molecular flexibility index (Phi) is 5.62. The molecule has 0 spiro atoms. The summed E-state index contributed by atoms with van der Waals surface area (Å²) < 4.78 is 27.7. The first-order chi connectivity index (χ1) is 11.4. The van der Waals surface area contributed by atoms with Crippen molar-refractivity contribution in [2.75, 3.05) is 7.11 Å². The summed E-state index contributed by atoms with van der Waals surface area (Å²) in [5.74, 6) is -1.98. The number of carboxylic acids is 1. The number of carbonyl (C=O) groups is 2. The molecule has 25 heavy (non-hydrogen) atoms. The smallest absolute Gasteiger partial charge is 0.408 e. The number of hydrogen-bond acceptors (Lipinski definition) is 7. The molecule has 5 atom stereocenters. The second kappa shape index (κ2) is 7.06. The molecule has 0 aromatic rings. The molecule has 0 saturated carbocycles. The molecule has 2 rings (SSSR count). The molecule has 0 aliphatic carbocycles. The maximum Gasteiger partial charge on any atom is 0.408 e. The number of ether oxygens (including phenoxy) is 5. The van der Waals surface area contributed by atoms with Crippen molar-refractivity contribution >= 4 is 12.1 Å². The predicted molar refractivity (Wildman–Crippen MR) is 84.9 cm³/mol. The predicted octanol–water partition coefficient (Wildman–Crippen LogP) is 1.25. The first-order valence-corrected chi connectivity index (χ1v) is 8.18. The summed E-state index contributed by atoms with van der Waals surface area (Å²) >= 11 is 0. The zero-order valence-corrected chi connectivity index (χ0v) is 15.4. The Hall–Kier alpha value is -1.42. The highest BCUT2D eigenvalue weighted by molar-refractivity contribution is 5.80. The van der Waals surface area contributed by atoms with Gasteiger partial charge in [0.15, 0.2) is 12.1 Å². The van der Waals surface area contributed by atoms with Gasteiger partial charge in [0.05, 0.1) is 6.10 Å². The van der Waals surface area contributed by atoms with Crippen LogP contribution in [0, 0.1) is 0 Å². The van der Waals surface area contributed by atoms with Crippen molar-refractivity contribution in [2.45, 2.75) is 83.1 Å². The molecule has 2 aliphatic heterocycles. The average Bonchev–Trinajstić information content (AvgIpc) is 2.86. The van der Waals surface area contributed by atoms with Crippen molar-refractivity contribution in [1.29, 1.82) is 0 Å². The van der Waals surface area contributed by atoms with Crippen LogP contribution in [0.5, 0.6) is 0 Å². The van der Waals surface area contributed by atoms with Crippen LogP contribution in [0.15, 0.2) is 0 Å². The lowest BCUT2D eigenvalue weighted by Crippen LogP contribution is -2.47. The topological polar surface area (TPSA) is 113 Å². The monoisotopic (exact) mass is 361 g/mol. The van der Waals surface area contributed by atoms with Crippen molar-refractivity contribution in [3.05, 3.63) is 0 Å². The summed E-state index contributed by atoms with van der Waals surface area (Å²) in [5.41, 5.74) is -0.726. The van der Waals surface area contributed by atoms with Crippen molar-refractivity contribution in [1.82, 2.24) is 5.32 Å². The van der Waals surface area contributed by atoms with Crippen LogP contribution in [0.3, 0.4) is 0 Å². The molecule has 0 radical (unpaired) electrons. The molecule has 2 heterocycles. The SMILES string of the molecule is COC1C(C[C@@H](NC(=O)OC(C)(C)C)C(=O)O)OC2OC(C)(C)OC21. The largest absolute Gasteiger partial charge is 0.480 e.